The van der Waals surface area contributed by atoms with E-state index in [1.165, 1.54) is 24.3 Å². The molecule has 0 unspecified atom stereocenters. The van der Waals surface area contributed by atoms with Gasteiger partial charge < -0.3 is 40.3 Å². The normalized spacial score (nSPS) is 22.0. The predicted molar refractivity (Wildman–Crippen MR) is 151 cm³/mol. The van der Waals surface area contributed by atoms with Gasteiger partial charge in [-0.05, 0) is 55.0 Å². The second kappa shape index (κ2) is 9.22. The van der Waals surface area contributed by atoms with Gasteiger partial charge in [-0.15, -0.1) is 0 Å². The number of amides is 1. The van der Waals surface area contributed by atoms with Crippen molar-refractivity contribution in [3.63, 3.8) is 0 Å². The summed E-state index contributed by atoms with van der Waals surface area (Å²) in [7, 11) is 0. The van der Waals surface area contributed by atoms with E-state index in [1.807, 2.05) is 12.2 Å². The lowest BCUT2D eigenvalue weighted by Gasteiger charge is -2.36. The minimum Gasteiger partial charge on any atom is -0.508 e. The number of esters is 1. The molecular formula is C30H25N3O7S. The second-order valence-electron chi connectivity index (χ2n) is 10.5. The van der Waals surface area contributed by atoms with Crippen LogP contribution in [0.25, 0.3) is 0 Å². The maximum absolute atomic E-state index is 13.3. The molecule has 3 aromatic carbocycles. The quantitative estimate of drug-likeness (QED) is 0.180. The molecule has 10 nitrogen and oxygen atoms in total. The molecular weight excluding hydrogens is 546 g/mol. The van der Waals surface area contributed by atoms with Crippen molar-refractivity contribution in [2.45, 2.75) is 24.1 Å². The summed E-state index contributed by atoms with van der Waals surface area (Å²) >= 11 is 5.43. The van der Waals surface area contributed by atoms with Crippen molar-refractivity contribution in [3.05, 3.63) is 89.0 Å². The van der Waals surface area contributed by atoms with Gasteiger partial charge in [0.25, 0.3) is 0 Å². The molecule has 1 fully saturated rings. The summed E-state index contributed by atoms with van der Waals surface area (Å²) in [4.78, 5) is 28.0. The number of rotatable bonds is 4. The van der Waals surface area contributed by atoms with Gasteiger partial charge in [0.15, 0.2) is 10.7 Å². The largest absolute Gasteiger partial charge is 0.508 e. The fourth-order valence-electron chi connectivity index (χ4n) is 6.41. The number of thiocarbonyl (C=S) groups is 1. The Kier molecular flexibility index (Phi) is 5.70. The molecule has 41 heavy (non-hydrogen) atoms. The lowest BCUT2D eigenvalue weighted by atomic mass is 9.77. The molecule has 4 aliphatic heterocycles. The molecule has 4 aliphatic rings. The van der Waals surface area contributed by atoms with Gasteiger partial charge in [0.1, 0.15) is 23.0 Å². The molecule has 0 saturated carbocycles. The van der Waals surface area contributed by atoms with Gasteiger partial charge in [0.05, 0.1) is 24.2 Å². The molecule has 0 aromatic heterocycles. The lowest BCUT2D eigenvalue weighted by molar-refractivity contribution is -0.131. The number of nitrogens with one attached hydrogen (secondary N) is 2. The summed E-state index contributed by atoms with van der Waals surface area (Å²) in [6, 6.07) is 14.2. The van der Waals surface area contributed by atoms with Crippen molar-refractivity contribution < 1.29 is 34.4 Å². The Bertz CT molecular complexity index is 1620. The van der Waals surface area contributed by atoms with E-state index in [2.05, 4.69) is 10.6 Å². The second-order valence-corrected chi connectivity index (χ2v) is 10.9. The van der Waals surface area contributed by atoms with Crippen molar-refractivity contribution in [2.75, 3.05) is 18.5 Å². The Morgan fingerprint density at radius 3 is 2.34 bits per heavy atom. The standard InChI is InChI=1S/C30H25N3O7S/c34-14-15-9-17-2-8-24(15)33(17)27(37)13-31-29(41)32-16-1-5-21-20(10-16)28(38)40-30(21)22-6-3-18(35)11-25(22)39-26-12-19(36)4-7-23(26)30/h1-8,10-12,15,17,24,34-36H,9,13-14H2,(H2,31,32,41)/t15-,17-,24+/m1/s1. The average molecular weight is 572 g/mol. The van der Waals surface area contributed by atoms with Crippen LogP contribution in [0.15, 0.2) is 66.7 Å². The Labute approximate surface area is 239 Å². The summed E-state index contributed by atoms with van der Waals surface area (Å²) < 4.78 is 12.1. The van der Waals surface area contributed by atoms with Gasteiger partial charge in [-0.25, -0.2) is 4.79 Å². The molecule has 1 amide bonds. The van der Waals surface area contributed by atoms with Crippen molar-refractivity contribution in [1.82, 2.24) is 10.2 Å². The fourth-order valence-corrected chi connectivity index (χ4v) is 6.60. The van der Waals surface area contributed by atoms with Gasteiger partial charge >= 0.3 is 5.97 Å². The number of anilines is 1. The van der Waals surface area contributed by atoms with Crippen LogP contribution in [-0.4, -0.2) is 62.4 Å². The number of aliphatic hydroxyl groups excluding tert-OH is 1. The number of nitrogens with zero attached hydrogens (tertiary/aromatic N) is 1. The first-order valence-corrected chi connectivity index (χ1v) is 13.6. The maximum Gasteiger partial charge on any atom is 0.340 e. The summed E-state index contributed by atoms with van der Waals surface area (Å²) in [6.07, 6.45) is 4.73. The van der Waals surface area contributed by atoms with E-state index in [-0.39, 0.29) is 53.7 Å². The van der Waals surface area contributed by atoms with Gasteiger partial charge in [0.2, 0.25) is 5.91 Å². The van der Waals surface area contributed by atoms with Crippen molar-refractivity contribution in [3.8, 4) is 23.0 Å². The van der Waals surface area contributed by atoms with Crippen LogP contribution in [0.1, 0.15) is 33.5 Å². The molecule has 5 N–H and O–H groups in total. The lowest BCUT2D eigenvalue weighted by Crippen LogP contribution is -2.44. The van der Waals surface area contributed by atoms with Crippen LogP contribution in [0.2, 0.25) is 0 Å². The zero-order valence-corrected chi connectivity index (χ0v) is 22.4. The average Bonchev–Trinajstić information content (AvgIpc) is 3.61. The Morgan fingerprint density at radius 1 is 1.00 bits per heavy atom. The smallest absolute Gasteiger partial charge is 0.340 e. The van der Waals surface area contributed by atoms with Crippen LogP contribution in [0, 0.1) is 5.92 Å². The number of phenols is 2. The summed E-state index contributed by atoms with van der Waals surface area (Å²) in [5.41, 5.74) is 1.12. The molecule has 11 heteroatoms. The molecule has 1 spiro atoms. The van der Waals surface area contributed by atoms with Crippen LogP contribution < -0.4 is 15.4 Å². The van der Waals surface area contributed by atoms with Gasteiger partial charge in [0, 0.05) is 47.0 Å². The van der Waals surface area contributed by atoms with Crippen LogP contribution in [0.5, 0.6) is 23.0 Å². The topological polar surface area (TPSA) is 141 Å². The summed E-state index contributed by atoms with van der Waals surface area (Å²) in [5.74, 6) is -0.0621. The number of phenolic OH excluding ortho intramolecular Hbond substituents is 2. The minimum atomic E-state index is -1.35. The van der Waals surface area contributed by atoms with Crippen molar-refractivity contribution >= 4 is 34.9 Å². The van der Waals surface area contributed by atoms with Crippen LogP contribution in [-0.2, 0) is 15.1 Å². The number of carbonyl (C=O) groups excluding carboxylic acids is 2. The highest BCUT2D eigenvalue weighted by molar-refractivity contribution is 7.80. The number of carbonyl (C=O) groups is 2. The first-order chi connectivity index (χ1) is 19.8. The molecule has 0 aliphatic carbocycles. The Hall–Kier alpha value is -4.61. The maximum atomic E-state index is 13.3. The molecule has 3 aromatic rings. The number of hydrogen-bond donors (Lipinski definition) is 5. The van der Waals surface area contributed by atoms with E-state index in [0.29, 0.717) is 39.4 Å². The number of fused-ring (bicyclic) bond motifs is 8. The number of benzene rings is 3. The highest BCUT2D eigenvalue weighted by Crippen LogP contribution is 2.57. The predicted octanol–water partition coefficient (Wildman–Crippen LogP) is 3.10. The molecule has 0 radical (unpaired) electrons. The third-order valence-electron chi connectivity index (χ3n) is 8.19. The highest BCUT2D eigenvalue weighted by Gasteiger charge is 2.53. The van der Waals surface area contributed by atoms with E-state index < -0.39 is 11.6 Å². The molecule has 208 valence electrons. The molecule has 1 saturated heterocycles. The minimum absolute atomic E-state index is 0.00333. The van der Waals surface area contributed by atoms with E-state index in [4.69, 9.17) is 21.7 Å². The van der Waals surface area contributed by atoms with Crippen LogP contribution in [0.4, 0.5) is 5.69 Å². The molecule has 2 bridgehead atoms. The summed E-state index contributed by atoms with van der Waals surface area (Å²) in [6.45, 7) is 0.0296. The Morgan fingerprint density at radius 2 is 1.68 bits per heavy atom. The SMILES string of the molecule is O=C1OC2(c3ccc(O)cc3Oc3cc(O)ccc32)c2ccc(NC(=S)NCC(=O)N3[C@@H]4C=C[C@H]3[C@@H](CO)C4)cc21. The number of ether oxygens (including phenoxy) is 2. The number of aliphatic hydroxyl groups is 1. The third-order valence-corrected chi connectivity index (χ3v) is 8.44. The molecule has 3 atom stereocenters. The van der Waals surface area contributed by atoms with E-state index in [1.54, 1.807) is 35.2 Å². The monoisotopic (exact) mass is 571 g/mol. The van der Waals surface area contributed by atoms with Crippen molar-refractivity contribution in [2.24, 2.45) is 5.92 Å². The van der Waals surface area contributed by atoms with Crippen molar-refractivity contribution in [1.29, 1.82) is 0 Å². The number of hydrogen-bond acceptors (Lipinski definition) is 8. The Balaban J connectivity index is 1.14. The third kappa shape index (κ3) is 3.84. The first kappa shape index (κ1) is 25.4. The van der Waals surface area contributed by atoms with Gasteiger partial charge in [-0.3, -0.25) is 4.79 Å². The summed E-state index contributed by atoms with van der Waals surface area (Å²) in [5, 5.41) is 35.9. The van der Waals surface area contributed by atoms with E-state index in [0.717, 1.165) is 6.42 Å². The molecule has 7 rings (SSSR count). The van der Waals surface area contributed by atoms with Crippen LogP contribution in [0.3, 0.4) is 0 Å². The van der Waals surface area contributed by atoms with Crippen LogP contribution >= 0.6 is 12.2 Å². The zero-order chi connectivity index (χ0) is 28.5. The van der Waals surface area contributed by atoms with E-state index in [9.17, 15) is 24.9 Å². The van der Waals surface area contributed by atoms with Gasteiger partial charge in [-0.2, -0.15) is 0 Å². The molecule has 4 heterocycles. The first-order valence-electron chi connectivity index (χ1n) is 13.2. The van der Waals surface area contributed by atoms with E-state index >= 15 is 0 Å². The number of aromatic hydroxyl groups is 2. The fraction of sp³-hybridized carbons (Fsp3) is 0.233. The highest BCUT2D eigenvalue weighted by atomic mass is 32.1. The zero-order valence-electron chi connectivity index (χ0n) is 21.5. The van der Waals surface area contributed by atoms with Gasteiger partial charge in [-0.1, -0.05) is 18.2 Å².